The first-order valence-corrected chi connectivity index (χ1v) is 6.19. The molecule has 2 aromatic heterocycles. The fraction of sp³-hybridized carbons (Fsp3) is 0.214. The number of fused-ring (bicyclic) bond motifs is 2. The minimum absolute atomic E-state index is 0.148. The minimum Gasteiger partial charge on any atom is -0.319 e. The summed E-state index contributed by atoms with van der Waals surface area (Å²) in [6.07, 6.45) is 3.41. The van der Waals surface area contributed by atoms with Crippen molar-refractivity contribution in [2.45, 2.75) is 19.9 Å². The van der Waals surface area contributed by atoms with E-state index in [4.69, 9.17) is 0 Å². The zero-order valence-electron chi connectivity index (χ0n) is 10.8. The first-order valence-electron chi connectivity index (χ1n) is 6.19. The van der Waals surface area contributed by atoms with E-state index >= 15 is 0 Å². The van der Waals surface area contributed by atoms with Crippen molar-refractivity contribution in [3.8, 4) is 0 Å². The van der Waals surface area contributed by atoms with Crippen molar-refractivity contribution < 1.29 is 4.79 Å². The number of hydrogen-bond acceptors (Lipinski definition) is 4. The summed E-state index contributed by atoms with van der Waals surface area (Å²) in [5.74, 6) is 1.22. The fourth-order valence-corrected chi connectivity index (χ4v) is 2.23. The number of nitrogens with one attached hydrogen (secondary N) is 1. The molecule has 5 nitrogen and oxygen atoms in total. The summed E-state index contributed by atoms with van der Waals surface area (Å²) in [4.78, 5) is 22.9. The van der Waals surface area contributed by atoms with Crippen molar-refractivity contribution in [2.24, 2.45) is 0 Å². The highest BCUT2D eigenvalue weighted by molar-refractivity contribution is 6.11. The van der Waals surface area contributed by atoms with E-state index in [9.17, 15) is 4.79 Å². The van der Waals surface area contributed by atoms with Crippen LogP contribution in [0.3, 0.4) is 0 Å². The van der Waals surface area contributed by atoms with Gasteiger partial charge in [0, 0.05) is 18.4 Å². The Morgan fingerprint density at radius 3 is 2.53 bits per heavy atom. The lowest BCUT2D eigenvalue weighted by Gasteiger charge is -2.27. The highest BCUT2D eigenvalue weighted by Gasteiger charge is 2.28. The third kappa shape index (κ3) is 1.83. The molecule has 5 heteroatoms. The zero-order valence-corrected chi connectivity index (χ0v) is 10.8. The van der Waals surface area contributed by atoms with Crippen molar-refractivity contribution >= 4 is 23.2 Å². The Labute approximate surface area is 111 Å². The van der Waals surface area contributed by atoms with E-state index in [0.29, 0.717) is 17.1 Å². The second kappa shape index (κ2) is 4.35. The van der Waals surface area contributed by atoms with Gasteiger partial charge in [-0.25, -0.2) is 9.97 Å². The number of rotatable bonds is 1. The van der Waals surface area contributed by atoms with Crippen LogP contribution in [0.1, 0.15) is 24.2 Å². The van der Waals surface area contributed by atoms with Crippen LogP contribution in [0.5, 0.6) is 0 Å². The Kier molecular flexibility index (Phi) is 2.67. The lowest BCUT2D eigenvalue weighted by molar-refractivity contribution is 0.102. The van der Waals surface area contributed by atoms with Crippen molar-refractivity contribution in [1.29, 1.82) is 0 Å². The average molecular weight is 254 g/mol. The van der Waals surface area contributed by atoms with Crippen molar-refractivity contribution in [2.75, 3.05) is 10.2 Å². The molecule has 1 aliphatic rings. The topological polar surface area (TPSA) is 58.1 Å². The lowest BCUT2D eigenvalue weighted by Crippen LogP contribution is -2.27. The van der Waals surface area contributed by atoms with Crippen LogP contribution >= 0.6 is 0 Å². The predicted molar refractivity (Wildman–Crippen MR) is 73.7 cm³/mol. The maximum atomic E-state index is 12.2. The Hall–Kier alpha value is -2.43. The van der Waals surface area contributed by atoms with E-state index in [1.165, 1.54) is 0 Å². The van der Waals surface area contributed by atoms with Crippen LogP contribution in [-0.4, -0.2) is 21.9 Å². The Morgan fingerprint density at radius 2 is 1.79 bits per heavy atom. The van der Waals surface area contributed by atoms with Gasteiger partial charge >= 0.3 is 0 Å². The largest absolute Gasteiger partial charge is 0.319 e. The number of anilines is 3. The molecule has 0 saturated heterocycles. The highest BCUT2D eigenvalue weighted by Crippen LogP contribution is 2.35. The molecule has 96 valence electrons. The molecule has 0 radical (unpaired) electrons. The smallest absolute Gasteiger partial charge is 0.259 e. The quantitative estimate of drug-likeness (QED) is 0.849. The van der Waals surface area contributed by atoms with Gasteiger partial charge in [0.2, 0.25) is 0 Å². The number of carbonyl (C=O) groups is 1. The highest BCUT2D eigenvalue weighted by atomic mass is 16.1. The minimum atomic E-state index is -0.152. The van der Waals surface area contributed by atoms with Gasteiger partial charge in [0.05, 0.1) is 11.3 Å². The van der Waals surface area contributed by atoms with Crippen molar-refractivity contribution in [3.05, 3.63) is 42.2 Å². The summed E-state index contributed by atoms with van der Waals surface area (Å²) in [5, 5.41) is 2.88. The normalized spacial score (nSPS) is 13.6. The van der Waals surface area contributed by atoms with Crippen LogP contribution < -0.4 is 10.2 Å². The second-order valence-electron chi connectivity index (χ2n) is 4.67. The third-order valence-electron chi connectivity index (χ3n) is 3.04. The van der Waals surface area contributed by atoms with Gasteiger partial charge in [0.25, 0.3) is 5.91 Å². The molecule has 1 amide bonds. The summed E-state index contributed by atoms with van der Waals surface area (Å²) in [6.45, 7) is 4.10. The number of aromatic nitrogens is 2. The number of carbonyl (C=O) groups excluding carboxylic acids is 1. The molecule has 0 unspecified atom stereocenters. The molecule has 19 heavy (non-hydrogen) atoms. The van der Waals surface area contributed by atoms with E-state index < -0.39 is 0 Å². The standard InChI is InChI=1S/C14H14N4O/c1-9(2)18-12-10(5-3-7-15-12)14(19)17-11-6-4-8-16-13(11)18/h3-9H,1-2H3,(H,17,19). The molecule has 0 aliphatic carbocycles. The third-order valence-corrected chi connectivity index (χ3v) is 3.04. The molecular formula is C14H14N4O. The summed E-state index contributed by atoms with van der Waals surface area (Å²) in [5.41, 5.74) is 1.27. The van der Waals surface area contributed by atoms with Gasteiger partial charge in [-0.15, -0.1) is 0 Å². The van der Waals surface area contributed by atoms with Crippen LogP contribution in [0.25, 0.3) is 0 Å². The maximum Gasteiger partial charge on any atom is 0.259 e. The fourth-order valence-electron chi connectivity index (χ4n) is 2.23. The lowest BCUT2D eigenvalue weighted by atomic mass is 10.2. The molecule has 0 atom stereocenters. The zero-order chi connectivity index (χ0) is 13.4. The molecule has 3 rings (SSSR count). The molecule has 3 heterocycles. The van der Waals surface area contributed by atoms with Gasteiger partial charge in [0.1, 0.15) is 5.82 Å². The molecule has 1 aliphatic heterocycles. The molecule has 0 saturated carbocycles. The van der Waals surface area contributed by atoms with Crippen LogP contribution in [0.15, 0.2) is 36.7 Å². The van der Waals surface area contributed by atoms with E-state index in [-0.39, 0.29) is 11.9 Å². The number of amides is 1. The number of pyridine rings is 2. The van der Waals surface area contributed by atoms with Crippen molar-refractivity contribution in [1.82, 2.24) is 9.97 Å². The average Bonchev–Trinajstić information content (AvgIpc) is 2.53. The van der Waals surface area contributed by atoms with E-state index in [1.54, 1.807) is 30.6 Å². The summed E-state index contributed by atoms with van der Waals surface area (Å²) in [7, 11) is 0. The first-order chi connectivity index (χ1) is 9.18. The van der Waals surface area contributed by atoms with Crippen LogP contribution in [0.2, 0.25) is 0 Å². The summed E-state index contributed by atoms with van der Waals surface area (Å²) in [6, 6.07) is 7.34. The van der Waals surface area contributed by atoms with Gasteiger partial charge in [-0.05, 0) is 38.1 Å². The maximum absolute atomic E-state index is 12.2. The van der Waals surface area contributed by atoms with Gasteiger partial charge in [-0.1, -0.05) is 0 Å². The number of nitrogens with zero attached hydrogens (tertiary/aromatic N) is 3. The first kappa shape index (κ1) is 11.6. The van der Waals surface area contributed by atoms with E-state index in [1.807, 2.05) is 24.8 Å². The van der Waals surface area contributed by atoms with Gasteiger partial charge in [-0.3, -0.25) is 4.79 Å². The Balaban J connectivity index is 2.29. The van der Waals surface area contributed by atoms with E-state index in [0.717, 1.165) is 5.82 Å². The summed E-state index contributed by atoms with van der Waals surface area (Å²) < 4.78 is 0. The Bertz CT molecular complexity index is 639. The van der Waals surface area contributed by atoms with Gasteiger partial charge in [0.15, 0.2) is 5.82 Å². The Morgan fingerprint density at radius 1 is 1.11 bits per heavy atom. The molecular weight excluding hydrogens is 240 g/mol. The van der Waals surface area contributed by atoms with E-state index in [2.05, 4.69) is 15.3 Å². The molecule has 1 N–H and O–H groups in total. The SMILES string of the molecule is CC(C)N1c2ncccc2NC(=O)c2cccnc21. The van der Waals surface area contributed by atoms with Crippen molar-refractivity contribution in [3.63, 3.8) is 0 Å². The number of hydrogen-bond donors (Lipinski definition) is 1. The monoisotopic (exact) mass is 254 g/mol. The van der Waals surface area contributed by atoms with Crippen LogP contribution in [0, 0.1) is 0 Å². The van der Waals surface area contributed by atoms with Crippen LogP contribution in [0.4, 0.5) is 17.3 Å². The van der Waals surface area contributed by atoms with Gasteiger partial charge < -0.3 is 10.2 Å². The van der Waals surface area contributed by atoms with Crippen LogP contribution in [-0.2, 0) is 0 Å². The molecule has 0 bridgehead atoms. The molecule has 0 spiro atoms. The molecule has 0 aromatic carbocycles. The molecule has 2 aromatic rings. The summed E-state index contributed by atoms with van der Waals surface area (Å²) >= 11 is 0. The van der Waals surface area contributed by atoms with Gasteiger partial charge in [-0.2, -0.15) is 0 Å². The predicted octanol–water partition coefficient (Wildman–Crippen LogP) is 2.59. The second-order valence-corrected chi connectivity index (χ2v) is 4.67. The molecule has 0 fully saturated rings.